The van der Waals surface area contributed by atoms with Gasteiger partial charge in [-0.1, -0.05) is 6.07 Å². The standard InChI is InChI=1S/C20H19N3O10S2/c1-10(25)22-15-9-13(34(27,28)29)6-12-8-17(35(30,31)32)19(20(26)18(12)15)11-2-3-16(33-5-4-24)14(7-11)23-21/h2-3,6-9,21,24,26H,4-5H2,1H3,(H,22,25)(H,27,28,29)(H,30,31,32). The van der Waals surface area contributed by atoms with Crippen molar-refractivity contribution in [2.45, 2.75) is 16.7 Å². The summed E-state index contributed by atoms with van der Waals surface area (Å²) < 4.78 is 72.4. The largest absolute Gasteiger partial charge is 0.507 e. The molecule has 0 spiro atoms. The first-order valence-electron chi connectivity index (χ1n) is 9.59. The maximum atomic E-state index is 12.2. The summed E-state index contributed by atoms with van der Waals surface area (Å²) in [6.45, 7) is 0.661. The second-order valence-corrected chi connectivity index (χ2v) is 9.98. The minimum absolute atomic E-state index is 0.0352. The molecule has 13 nitrogen and oxygen atoms in total. The van der Waals surface area contributed by atoms with E-state index in [2.05, 4.69) is 10.4 Å². The zero-order valence-corrected chi connectivity index (χ0v) is 19.5. The van der Waals surface area contributed by atoms with Crippen LogP contribution in [0.3, 0.4) is 0 Å². The zero-order valence-electron chi connectivity index (χ0n) is 17.9. The number of fused-ring (bicyclic) bond motifs is 1. The van der Waals surface area contributed by atoms with Gasteiger partial charge in [0.05, 0.1) is 17.2 Å². The predicted molar refractivity (Wildman–Crippen MR) is 122 cm³/mol. The van der Waals surface area contributed by atoms with Gasteiger partial charge in [0.15, 0.2) is 0 Å². The lowest BCUT2D eigenvalue weighted by Gasteiger charge is -2.17. The lowest BCUT2D eigenvalue weighted by Crippen LogP contribution is -2.09. The third-order valence-corrected chi connectivity index (χ3v) is 6.46. The minimum Gasteiger partial charge on any atom is -0.507 e. The molecule has 0 unspecified atom stereocenters. The number of hydrogen-bond donors (Lipinski definition) is 6. The molecule has 0 aliphatic carbocycles. The molecule has 0 heterocycles. The molecule has 0 bridgehead atoms. The van der Waals surface area contributed by atoms with Crippen molar-refractivity contribution in [2.24, 2.45) is 5.11 Å². The fourth-order valence-corrected chi connectivity index (χ4v) is 4.72. The van der Waals surface area contributed by atoms with Crippen molar-refractivity contribution < 1.29 is 45.7 Å². The summed E-state index contributed by atoms with van der Waals surface area (Å²) in [6, 6.07) is 6.34. The monoisotopic (exact) mass is 525 g/mol. The molecule has 0 atom stereocenters. The highest BCUT2D eigenvalue weighted by Gasteiger charge is 2.26. The number of aliphatic hydroxyl groups excluding tert-OH is 1. The smallest absolute Gasteiger partial charge is 0.295 e. The Morgan fingerprint density at radius 2 is 1.77 bits per heavy atom. The predicted octanol–water partition coefficient (Wildman–Crippen LogP) is 2.70. The fraction of sp³-hybridized carbons (Fsp3) is 0.150. The number of aromatic hydroxyl groups is 1. The average Bonchev–Trinajstić information content (AvgIpc) is 2.75. The first kappa shape index (κ1) is 26.0. The first-order chi connectivity index (χ1) is 16.3. The lowest BCUT2D eigenvalue weighted by molar-refractivity contribution is -0.114. The molecule has 3 rings (SSSR count). The third-order valence-electron chi connectivity index (χ3n) is 4.75. The Balaban J connectivity index is 2.46. The number of nitrogens with zero attached hydrogens (tertiary/aromatic N) is 1. The van der Waals surface area contributed by atoms with Gasteiger partial charge in [0.2, 0.25) is 5.91 Å². The van der Waals surface area contributed by atoms with E-state index in [1.165, 1.54) is 18.2 Å². The van der Waals surface area contributed by atoms with E-state index >= 15 is 0 Å². The molecule has 0 saturated heterocycles. The van der Waals surface area contributed by atoms with Crippen LogP contribution in [0.4, 0.5) is 11.4 Å². The van der Waals surface area contributed by atoms with Gasteiger partial charge in [-0.15, -0.1) is 0 Å². The summed E-state index contributed by atoms with van der Waals surface area (Å²) in [7, 11) is -9.83. The maximum absolute atomic E-state index is 12.2. The van der Waals surface area contributed by atoms with Gasteiger partial charge in [0.25, 0.3) is 20.2 Å². The summed E-state index contributed by atoms with van der Waals surface area (Å²) in [6.07, 6.45) is 0. The molecule has 15 heteroatoms. The Morgan fingerprint density at radius 1 is 1.09 bits per heavy atom. The van der Waals surface area contributed by atoms with Gasteiger partial charge in [0, 0.05) is 17.9 Å². The van der Waals surface area contributed by atoms with Gasteiger partial charge in [-0.05, 0) is 41.3 Å². The van der Waals surface area contributed by atoms with Gasteiger partial charge >= 0.3 is 0 Å². The number of phenols is 1. The van der Waals surface area contributed by atoms with Crippen molar-refractivity contribution >= 4 is 48.3 Å². The Labute approximate surface area is 199 Å². The van der Waals surface area contributed by atoms with Crippen LogP contribution in [0, 0.1) is 5.53 Å². The number of phenolic OH excluding ortho intramolecular Hbond substituents is 1. The summed E-state index contributed by atoms with van der Waals surface area (Å²) in [4.78, 5) is 10.2. The van der Waals surface area contributed by atoms with Crippen LogP contribution in [-0.4, -0.2) is 55.3 Å². The molecule has 3 aromatic carbocycles. The lowest BCUT2D eigenvalue weighted by atomic mass is 9.97. The first-order valence-corrected chi connectivity index (χ1v) is 12.5. The summed E-state index contributed by atoms with van der Waals surface area (Å²) in [5.41, 5.74) is 6.52. The highest BCUT2D eigenvalue weighted by Crippen LogP contribution is 2.46. The number of rotatable bonds is 8. The fourth-order valence-electron chi connectivity index (χ4n) is 3.43. The number of carbonyl (C=O) groups is 1. The molecule has 0 aliphatic rings. The molecule has 35 heavy (non-hydrogen) atoms. The van der Waals surface area contributed by atoms with Gasteiger partial charge in [-0.2, -0.15) is 21.9 Å². The molecule has 0 fully saturated rings. The second kappa shape index (κ2) is 9.55. The van der Waals surface area contributed by atoms with Crippen LogP contribution in [0.1, 0.15) is 6.92 Å². The number of benzene rings is 3. The van der Waals surface area contributed by atoms with Crippen LogP contribution in [0.15, 0.2) is 51.3 Å². The van der Waals surface area contributed by atoms with Gasteiger partial charge in [0.1, 0.15) is 28.7 Å². The average molecular weight is 526 g/mol. The van der Waals surface area contributed by atoms with Crippen LogP contribution in [0.5, 0.6) is 11.5 Å². The molecule has 0 radical (unpaired) electrons. The third kappa shape index (κ3) is 5.39. The summed E-state index contributed by atoms with van der Waals surface area (Å²) >= 11 is 0. The van der Waals surface area contributed by atoms with Crippen LogP contribution in [0.25, 0.3) is 21.9 Å². The van der Waals surface area contributed by atoms with Gasteiger partial charge < -0.3 is 20.3 Å². The van der Waals surface area contributed by atoms with E-state index in [1.54, 1.807) is 0 Å². The number of anilines is 1. The highest BCUT2D eigenvalue weighted by atomic mass is 32.2. The van der Waals surface area contributed by atoms with Crippen molar-refractivity contribution in [2.75, 3.05) is 18.5 Å². The van der Waals surface area contributed by atoms with Crippen molar-refractivity contribution in [3.05, 3.63) is 36.4 Å². The van der Waals surface area contributed by atoms with E-state index in [0.717, 1.165) is 25.1 Å². The van der Waals surface area contributed by atoms with E-state index in [1.807, 2.05) is 0 Å². The highest BCUT2D eigenvalue weighted by molar-refractivity contribution is 7.86. The molecule has 0 saturated carbocycles. The number of aliphatic hydroxyl groups is 1. The number of carbonyl (C=O) groups excluding carboxylic acids is 1. The molecule has 0 aromatic heterocycles. The van der Waals surface area contributed by atoms with Crippen LogP contribution < -0.4 is 10.1 Å². The Kier molecular flexibility index (Phi) is 7.09. The van der Waals surface area contributed by atoms with Crippen LogP contribution in [-0.2, 0) is 25.0 Å². The molecule has 1 amide bonds. The summed E-state index contributed by atoms with van der Waals surface area (Å²) in [5.74, 6) is -1.36. The maximum Gasteiger partial charge on any atom is 0.295 e. The Bertz CT molecular complexity index is 1570. The molecule has 186 valence electrons. The topological polar surface area (TPSA) is 224 Å². The van der Waals surface area contributed by atoms with E-state index in [-0.39, 0.29) is 46.7 Å². The number of ether oxygens (including phenoxy) is 1. The normalized spacial score (nSPS) is 11.9. The van der Waals surface area contributed by atoms with E-state index < -0.39 is 47.2 Å². The van der Waals surface area contributed by atoms with Crippen LogP contribution in [0.2, 0.25) is 0 Å². The molecular formula is C20H19N3O10S2. The van der Waals surface area contributed by atoms with Crippen molar-refractivity contribution in [3.8, 4) is 22.6 Å². The second-order valence-electron chi connectivity index (χ2n) is 7.16. The Morgan fingerprint density at radius 3 is 2.31 bits per heavy atom. The van der Waals surface area contributed by atoms with Crippen molar-refractivity contribution in [3.63, 3.8) is 0 Å². The van der Waals surface area contributed by atoms with E-state index in [9.17, 15) is 35.8 Å². The van der Waals surface area contributed by atoms with Crippen molar-refractivity contribution in [1.82, 2.24) is 0 Å². The SMILES string of the molecule is CC(=O)Nc1cc(S(=O)(=O)O)cc2cc(S(=O)(=O)O)c(-c3ccc(OCCO)c(N=N)c3)c(O)c12. The minimum atomic E-state index is -5.02. The van der Waals surface area contributed by atoms with Gasteiger partial charge in [-0.25, -0.2) is 5.53 Å². The summed E-state index contributed by atoms with van der Waals surface area (Å²) in [5, 5.41) is 25.2. The number of hydrogen-bond acceptors (Lipinski definition) is 10. The van der Waals surface area contributed by atoms with Crippen molar-refractivity contribution in [1.29, 1.82) is 5.53 Å². The van der Waals surface area contributed by atoms with Crippen LogP contribution >= 0.6 is 0 Å². The van der Waals surface area contributed by atoms with E-state index in [4.69, 9.17) is 15.4 Å². The number of nitrogens with one attached hydrogen (secondary N) is 2. The Hall–Kier alpha value is -3.63. The zero-order chi connectivity index (χ0) is 26.1. The quantitative estimate of drug-likeness (QED) is 0.186. The molecular weight excluding hydrogens is 506 g/mol. The van der Waals surface area contributed by atoms with Gasteiger partial charge in [-0.3, -0.25) is 13.9 Å². The molecule has 0 aliphatic heterocycles. The molecule has 6 N–H and O–H groups in total. The van der Waals surface area contributed by atoms with E-state index in [0.29, 0.717) is 0 Å². The molecule has 3 aromatic rings. The number of amides is 1.